The van der Waals surface area contributed by atoms with Crippen molar-refractivity contribution >= 4 is 11.6 Å². The molecule has 0 saturated heterocycles. The molecule has 1 atom stereocenters. The van der Waals surface area contributed by atoms with Crippen LogP contribution in [0.1, 0.15) is 66.9 Å². The van der Waals surface area contributed by atoms with E-state index < -0.39 is 0 Å². The van der Waals surface area contributed by atoms with Crippen LogP contribution in [0.3, 0.4) is 0 Å². The van der Waals surface area contributed by atoms with Crippen LogP contribution in [0.4, 0.5) is 5.69 Å². The summed E-state index contributed by atoms with van der Waals surface area (Å²) in [6.45, 7) is 0.722. The first kappa shape index (κ1) is 18.5. The Bertz CT molecular complexity index is 899. The van der Waals surface area contributed by atoms with Crippen molar-refractivity contribution in [2.24, 2.45) is 11.8 Å². The number of hydrogen-bond acceptors (Lipinski definition) is 3. The van der Waals surface area contributed by atoms with Crippen molar-refractivity contribution in [1.82, 2.24) is 0 Å². The van der Waals surface area contributed by atoms with Crippen LogP contribution < -0.4 is 14.4 Å². The zero-order chi connectivity index (χ0) is 19.8. The summed E-state index contributed by atoms with van der Waals surface area (Å²) in [5.74, 6) is 2.93. The summed E-state index contributed by atoms with van der Waals surface area (Å²) in [5, 5.41) is 0. The second-order valence-corrected chi connectivity index (χ2v) is 8.75. The smallest absolute Gasteiger partial charge is 0.259 e. The predicted octanol–water partition coefficient (Wildman–Crippen LogP) is 5.77. The van der Waals surface area contributed by atoms with Crippen LogP contribution in [0.15, 0.2) is 42.5 Å². The van der Waals surface area contributed by atoms with Gasteiger partial charge in [-0.2, -0.15) is 0 Å². The highest BCUT2D eigenvalue weighted by Crippen LogP contribution is 2.47. The molecular formula is C25H29NO3. The highest BCUT2D eigenvalue weighted by molar-refractivity contribution is 6.11. The maximum absolute atomic E-state index is 13.3. The number of methoxy groups -OCH3 is 1. The van der Waals surface area contributed by atoms with Crippen molar-refractivity contribution in [2.75, 3.05) is 18.6 Å². The van der Waals surface area contributed by atoms with Crippen molar-refractivity contribution < 1.29 is 14.3 Å². The van der Waals surface area contributed by atoms with E-state index in [-0.39, 0.29) is 11.9 Å². The lowest BCUT2D eigenvalue weighted by molar-refractivity contribution is 0.0990. The Balaban J connectivity index is 1.45. The fraction of sp³-hybridized carbons (Fsp3) is 0.480. The first-order chi connectivity index (χ1) is 14.2. The first-order valence-corrected chi connectivity index (χ1v) is 11.0. The maximum Gasteiger partial charge on any atom is 0.259 e. The Labute approximate surface area is 172 Å². The molecule has 3 aliphatic rings. The molecule has 1 amide bonds. The molecule has 0 bridgehead atoms. The van der Waals surface area contributed by atoms with Crippen molar-refractivity contribution in [3.8, 4) is 11.5 Å². The van der Waals surface area contributed by atoms with Crippen LogP contribution in [0.2, 0.25) is 0 Å². The van der Waals surface area contributed by atoms with Crippen LogP contribution in [0, 0.1) is 11.8 Å². The lowest BCUT2D eigenvalue weighted by atomic mass is 10.00. The van der Waals surface area contributed by atoms with E-state index in [1.165, 1.54) is 38.5 Å². The van der Waals surface area contributed by atoms with E-state index in [0.717, 1.165) is 47.3 Å². The number of carbonyl (C=O) groups excluding carboxylic acids is 1. The van der Waals surface area contributed by atoms with Gasteiger partial charge in [0.1, 0.15) is 0 Å². The SMILES string of the molecule is COc1ccc(N2C(=O)c3ccccc3C2CC2CC2)cc1OCC1CCCC1. The molecule has 2 aromatic carbocycles. The van der Waals surface area contributed by atoms with E-state index in [1.54, 1.807) is 7.11 Å². The van der Waals surface area contributed by atoms with Crippen molar-refractivity contribution in [3.63, 3.8) is 0 Å². The van der Waals surface area contributed by atoms with Crippen LogP contribution >= 0.6 is 0 Å². The van der Waals surface area contributed by atoms with Crippen molar-refractivity contribution in [1.29, 1.82) is 0 Å². The number of benzene rings is 2. The Kier molecular flexibility index (Phi) is 4.94. The minimum atomic E-state index is 0.0955. The molecule has 4 nitrogen and oxygen atoms in total. The van der Waals surface area contributed by atoms with Crippen molar-refractivity contribution in [3.05, 3.63) is 53.6 Å². The van der Waals surface area contributed by atoms with E-state index in [9.17, 15) is 4.79 Å². The molecule has 2 fully saturated rings. The van der Waals surface area contributed by atoms with Crippen molar-refractivity contribution in [2.45, 2.75) is 51.0 Å². The quantitative estimate of drug-likeness (QED) is 0.602. The average molecular weight is 392 g/mol. The fourth-order valence-corrected chi connectivity index (χ4v) is 4.90. The molecule has 1 unspecified atom stereocenters. The highest BCUT2D eigenvalue weighted by Gasteiger charge is 2.40. The summed E-state index contributed by atoms with van der Waals surface area (Å²) in [6, 6.07) is 14.1. The number of amides is 1. The summed E-state index contributed by atoms with van der Waals surface area (Å²) in [6.07, 6.45) is 8.67. The van der Waals surface area contributed by atoms with Crippen LogP contribution in [-0.4, -0.2) is 19.6 Å². The van der Waals surface area contributed by atoms with Gasteiger partial charge in [0.2, 0.25) is 0 Å². The monoisotopic (exact) mass is 391 g/mol. The minimum Gasteiger partial charge on any atom is -0.493 e. The van der Waals surface area contributed by atoms with Gasteiger partial charge >= 0.3 is 0 Å². The minimum absolute atomic E-state index is 0.0955. The van der Waals surface area contributed by atoms with E-state index in [2.05, 4.69) is 6.07 Å². The predicted molar refractivity (Wildman–Crippen MR) is 114 cm³/mol. The van der Waals surface area contributed by atoms with Gasteiger partial charge in [0, 0.05) is 17.3 Å². The summed E-state index contributed by atoms with van der Waals surface area (Å²) in [4.78, 5) is 15.3. The number of nitrogens with zero attached hydrogens (tertiary/aromatic N) is 1. The summed E-state index contributed by atoms with van der Waals surface area (Å²) in [5.41, 5.74) is 2.90. The third-order valence-electron chi connectivity index (χ3n) is 6.71. The molecule has 0 spiro atoms. The molecule has 4 heteroatoms. The van der Waals surface area contributed by atoms with Gasteiger partial charge in [-0.25, -0.2) is 0 Å². The number of carbonyl (C=O) groups is 1. The summed E-state index contributed by atoms with van der Waals surface area (Å²) < 4.78 is 11.7. The normalized spacial score (nSPS) is 21.5. The maximum atomic E-state index is 13.3. The second kappa shape index (κ2) is 7.74. The number of anilines is 1. The third-order valence-corrected chi connectivity index (χ3v) is 6.71. The molecule has 2 saturated carbocycles. The third kappa shape index (κ3) is 3.61. The van der Waals surface area contributed by atoms with E-state index in [1.807, 2.05) is 41.3 Å². The van der Waals surface area contributed by atoms with Crippen LogP contribution in [0.5, 0.6) is 11.5 Å². The molecule has 2 aliphatic carbocycles. The second-order valence-electron chi connectivity index (χ2n) is 8.75. The number of hydrogen-bond donors (Lipinski definition) is 0. The summed E-state index contributed by atoms with van der Waals surface area (Å²) in [7, 11) is 1.67. The summed E-state index contributed by atoms with van der Waals surface area (Å²) >= 11 is 0. The largest absolute Gasteiger partial charge is 0.493 e. The van der Waals surface area contributed by atoms with Gasteiger partial charge in [-0.1, -0.05) is 43.9 Å². The molecule has 29 heavy (non-hydrogen) atoms. The molecule has 2 aromatic rings. The van der Waals surface area contributed by atoms with Crippen LogP contribution in [-0.2, 0) is 0 Å². The number of rotatable bonds is 7. The number of fused-ring (bicyclic) bond motifs is 1. The van der Waals surface area contributed by atoms with E-state index in [0.29, 0.717) is 5.92 Å². The zero-order valence-electron chi connectivity index (χ0n) is 17.1. The van der Waals surface area contributed by atoms with Gasteiger partial charge in [0.05, 0.1) is 19.8 Å². The Morgan fingerprint density at radius 3 is 2.52 bits per heavy atom. The lowest BCUT2D eigenvalue weighted by Gasteiger charge is -2.26. The molecule has 1 heterocycles. The van der Waals surface area contributed by atoms with Crippen LogP contribution in [0.25, 0.3) is 0 Å². The van der Waals surface area contributed by atoms with Gasteiger partial charge in [0.25, 0.3) is 5.91 Å². The number of ether oxygens (including phenoxy) is 2. The molecule has 1 aliphatic heterocycles. The van der Waals surface area contributed by atoms with E-state index in [4.69, 9.17) is 9.47 Å². The molecule has 5 rings (SSSR count). The molecule has 0 radical (unpaired) electrons. The average Bonchev–Trinajstić information content (AvgIpc) is 3.33. The van der Waals surface area contributed by atoms with Gasteiger partial charge in [-0.3, -0.25) is 4.79 Å². The van der Waals surface area contributed by atoms with E-state index >= 15 is 0 Å². The molecule has 0 aromatic heterocycles. The molecule has 0 N–H and O–H groups in total. The Hall–Kier alpha value is -2.49. The molecular weight excluding hydrogens is 362 g/mol. The molecule has 152 valence electrons. The zero-order valence-corrected chi connectivity index (χ0v) is 17.1. The fourth-order valence-electron chi connectivity index (χ4n) is 4.90. The van der Waals surface area contributed by atoms with Gasteiger partial charge < -0.3 is 14.4 Å². The van der Waals surface area contributed by atoms with Gasteiger partial charge in [0.15, 0.2) is 11.5 Å². The lowest BCUT2D eigenvalue weighted by Crippen LogP contribution is -2.28. The highest BCUT2D eigenvalue weighted by atomic mass is 16.5. The first-order valence-electron chi connectivity index (χ1n) is 11.0. The standard InChI is InChI=1S/C25H29NO3/c1-28-23-13-12-19(15-24(23)29-16-18-6-2-3-7-18)26-22(14-17-10-11-17)20-8-4-5-9-21(20)25(26)27/h4-5,8-9,12-13,15,17-18,22H,2-3,6-7,10-11,14,16H2,1H3. The topological polar surface area (TPSA) is 38.8 Å². The Morgan fingerprint density at radius 1 is 0.966 bits per heavy atom. The van der Waals surface area contributed by atoms with Gasteiger partial charge in [-0.15, -0.1) is 0 Å². The Morgan fingerprint density at radius 2 is 1.76 bits per heavy atom. The van der Waals surface area contributed by atoms with Gasteiger partial charge in [-0.05, 0) is 54.9 Å².